The van der Waals surface area contributed by atoms with Crippen LogP contribution in [0.15, 0.2) is 12.1 Å². The zero-order valence-electron chi connectivity index (χ0n) is 13.6. The highest BCUT2D eigenvalue weighted by atomic mass is 79.9. The number of carbonyl (C=O) groups excluding carboxylic acids is 1. The molecule has 2 N–H and O–H groups in total. The lowest BCUT2D eigenvalue weighted by Gasteiger charge is -2.25. The second-order valence-electron chi connectivity index (χ2n) is 5.03. The van der Waals surface area contributed by atoms with E-state index in [1.54, 1.807) is 0 Å². The van der Waals surface area contributed by atoms with E-state index in [0.717, 1.165) is 12.1 Å². The maximum absolute atomic E-state index is 12.4. The average molecular weight is 419 g/mol. The summed E-state index contributed by atoms with van der Waals surface area (Å²) < 4.78 is 0. The van der Waals surface area contributed by atoms with Crippen molar-refractivity contribution in [3.05, 3.63) is 37.9 Å². The number of carbonyl (C=O) groups is 1. The van der Waals surface area contributed by atoms with E-state index in [9.17, 15) is 30.1 Å². The Balaban J connectivity index is 3.63. The molecule has 0 atom stereocenters. The second-order valence-corrected chi connectivity index (χ2v) is 5.82. The highest BCUT2D eigenvalue weighted by molar-refractivity contribution is 9.09. The van der Waals surface area contributed by atoms with Crippen molar-refractivity contribution < 1.29 is 19.7 Å². The van der Waals surface area contributed by atoms with Gasteiger partial charge in [0.25, 0.3) is 17.3 Å². The monoisotopic (exact) mass is 418 g/mol. The van der Waals surface area contributed by atoms with Gasteiger partial charge in [-0.05, 0) is 6.42 Å². The average Bonchev–Trinajstić information content (AvgIpc) is 2.58. The standard InChI is InChI=1S/C14H19BrN4O6/c1-2-4-16-14(21)11-8-10(18(22)23)9-12(19(24)25)13(11)17(5-3-15)6-7-20/h8-9,20H,2-7H2,1H3,(H,16,21). The number of halogens is 1. The molecule has 1 rings (SSSR count). The molecule has 0 saturated carbocycles. The smallest absolute Gasteiger partial charge is 0.300 e. The summed E-state index contributed by atoms with van der Waals surface area (Å²) in [7, 11) is 0. The van der Waals surface area contributed by atoms with Crippen LogP contribution < -0.4 is 10.2 Å². The minimum atomic E-state index is -0.783. The van der Waals surface area contributed by atoms with Crippen LogP contribution in [0.3, 0.4) is 0 Å². The first-order valence-electron chi connectivity index (χ1n) is 7.54. The summed E-state index contributed by atoms with van der Waals surface area (Å²) in [6.45, 7) is 2.18. The van der Waals surface area contributed by atoms with Crippen molar-refractivity contribution in [1.82, 2.24) is 5.32 Å². The number of nitro benzene ring substituents is 2. The molecule has 0 aromatic heterocycles. The first-order valence-corrected chi connectivity index (χ1v) is 8.66. The van der Waals surface area contributed by atoms with Crippen molar-refractivity contribution in [2.45, 2.75) is 13.3 Å². The van der Waals surface area contributed by atoms with Crippen LogP contribution in [0.1, 0.15) is 23.7 Å². The lowest BCUT2D eigenvalue weighted by Crippen LogP contribution is -2.33. The molecule has 0 aliphatic carbocycles. The molecule has 0 unspecified atom stereocenters. The number of hydrogen-bond acceptors (Lipinski definition) is 7. The maximum atomic E-state index is 12.4. The molecule has 11 heteroatoms. The summed E-state index contributed by atoms with van der Waals surface area (Å²) in [5.41, 5.74) is -1.30. The van der Waals surface area contributed by atoms with Crippen LogP contribution in [-0.2, 0) is 0 Å². The van der Waals surface area contributed by atoms with Crippen LogP contribution >= 0.6 is 15.9 Å². The van der Waals surface area contributed by atoms with E-state index in [4.69, 9.17) is 0 Å². The van der Waals surface area contributed by atoms with Crippen molar-refractivity contribution in [1.29, 1.82) is 0 Å². The Kier molecular flexibility index (Phi) is 8.22. The molecule has 1 aromatic carbocycles. The molecule has 0 radical (unpaired) electrons. The van der Waals surface area contributed by atoms with E-state index in [-0.39, 0.29) is 30.9 Å². The molecule has 0 spiro atoms. The molecule has 1 aromatic rings. The summed E-state index contributed by atoms with van der Waals surface area (Å²) in [6, 6.07) is 1.84. The Morgan fingerprint density at radius 3 is 2.44 bits per heavy atom. The van der Waals surface area contributed by atoms with E-state index in [0.29, 0.717) is 18.3 Å². The first kappa shape index (κ1) is 20.8. The number of nitrogens with one attached hydrogen (secondary N) is 1. The maximum Gasteiger partial charge on any atom is 0.300 e. The van der Waals surface area contributed by atoms with E-state index in [1.165, 1.54) is 4.90 Å². The van der Waals surface area contributed by atoms with Crippen LogP contribution in [-0.4, -0.2) is 52.4 Å². The number of benzene rings is 1. The number of hydrogen-bond donors (Lipinski definition) is 2. The van der Waals surface area contributed by atoms with Crippen molar-refractivity contribution in [2.24, 2.45) is 0 Å². The van der Waals surface area contributed by atoms with Gasteiger partial charge in [0.1, 0.15) is 5.69 Å². The Labute approximate surface area is 152 Å². The second kappa shape index (κ2) is 9.89. The number of aliphatic hydroxyl groups excluding tert-OH is 1. The third-order valence-corrected chi connectivity index (χ3v) is 3.66. The van der Waals surface area contributed by atoms with Crippen LogP contribution in [0.5, 0.6) is 0 Å². The third kappa shape index (κ3) is 5.36. The lowest BCUT2D eigenvalue weighted by atomic mass is 10.1. The van der Waals surface area contributed by atoms with Crippen LogP contribution in [0.25, 0.3) is 0 Å². The van der Waals surface area contributed by atoms with Gasteiger partial charge in [0.05, 0.1) is 28.1 Å². The largest absolute Gasteiger partial charge is 0.395 e. The van der Waals surface area contributed by atoms with Gasteiger partial charge >= 0.3 is 0 Å². The lowest BCUT2D eigenvalue weighted by molar-refractivity contribution is -0.393. The van der Waals surface area contributed by atoms with Crippen molar-refractivity contribution in [3.63, 3.8) is 0 Å². The number of nitrogens with zero attached hydrogens (tertiary/aromatic N) is 3. The molecule has 0 bridgehead atoms. The topological polar surface area (TPSA) is 139 Å². The molecule has 0 saturated heterocycles. The van der Waals surface area contributed by atoms with E-state index < -0.39 is 27.1 Å². The summed E-state index contributed by atoms with van der Waals surface area (Å²) in [4.78, 5) is 34.9. The van der Waals surface area contributed by atoms with Crippen LogP contribution in [0, 0.1) is 20.2 Å². The number of non-ortho nitro benzene ring substituents is 1. The van der Waals surface area contributed by atoms with Crippen molar-refractivity contribution >= 4 is 38.9 Å². The fraction of sp³-hybridized carbons (Fsp3) is 0.500. The van der Waals surface area contributed by atoms with Gasteiger partial charge in [-0.2, -0.15) is 0 Å². The Morgan fingerprint density at radius 1 is 1.28 bits per heavy atom. The van der Waals surface area contributed by atoms with Crippen molar-refractivity contribution in [3.8, 4) is 0 Å². The molecule has 10 nitrogen and oxygen atoms in total. The number of nitro groups is 2. The number of alkyl halides is 1. The van der Waals surface area contributed by atoms with Gasteiger partial charge < -0.3 is 15.3 Å². The molecular formula is C14H19BrN4O6. The minimum absolute atomic E-state index is 0.0400. The zero-order valence-corrected chi connectivity index (χ0v) is 15.2. The highest BCUT2D eigenvalue weighted by Crippen LogP contribution is 2.36. The van der Waals surface area contributed by atoms with Gasteiger partial charge in [-0.3, -0.25) is 25.0 Å². The molecular weight excluding hydrogens is 400 g/mol. The van der Waals surface area contributed by atoms with E-state index in [1.807, 2.05) is 6.92 Å². The Morgan fingerprint density at radius 2 is 1.96 bits per heavy atom. The van der Waals surface area contributed by atoms with Gasteiger partial charge in [0.2, 0.25) is 0 Å². The van der Waals surface area contributed by atoms with Gasteiger partial charge in [-0.1, -0.05) is 22.9 Å². The predicted molar refractivity (Wildman–Crippen MR) is 95.5 cm³/mol. The SMILES string of the molecule is CCCNC(=O)c1cc([N+](=O)[O-])cc([N+](=O)[O-])c1N(CCO)CCBr. The Hall–Kier alpha value is -2.27. The fourth-order valence-corrected chi connectivity index (χ4v) is 2.67. The van der Waals surface area contributed by atoms with Gasteiger partial charge in [-0.15, -0.1) is 0 Å². The fourth-order valence-electron chi connectivity index (χ4n) is 2.25. The molecule has 0 aliphatic heterocycles. The quantitative estimate of drug-likeness (QED) is 0.335. The first-order chi connectivity index (χ1) is 11.9. The van der Waals surface area contributed by atoms with Gasteiger partial charge in [0, 0.05) is 31.0 Å². The van der Waals surface area contributed by atoms with Gasteiger partial charge in [0.15, 0.2) is 0 Å². The normalized spacial score (nSPS) is 10.4. The van der Waals surface area contributed by atoms with E-state index in [2.05, 4.69) is 21.2 Å². The van der Waals surface area contributed by atoms with Crippen molar-refractivity contribution in [2.75, 3.05) is 36.5 Å². The minimum Gasteiger partial charge on any atom is -0.395 e. The zero-order chi connectivity index (χ0) is 19.0. The molecule has 25 heavy (non-hydrogen) atoms. The molecule has 0 aliphatic rings. The predicted octanol–water partition coefficient (Wildman–Crippen LogP) is 1.84. The molecule has 0 fully saturated rings. The highest BCUT2D eigenvalue weighted by Gasteiger charge is 2.30. The number of aliphatic hydroxyl groups is 1. The molecule has 1 amide bonds. The molecule has 138 valence electrons. The number of rotatable bonds is 10. The third-order valence-electron chi connectivity index (χ3n) is 3.30. The van der Waals surface area contributed by atoms with Crippen LogP contribution in [0.4, 0.5) is 17.1 Å². The van der Waals surface area contributed by atoms with Gasteiger partial charge in [-0.25, -0.2) is 0 Å². The number of anilines is 1. The van der Waals surface area contributed by atoms with E-state index >= 15 is 0 Å². The summed E-state index contributed by atoms with van der Waals surface area (Å²) in [6.07, 6.45) is 0.639. The van der Waals surface area contributed by atoms with Crippen LogP contribution in [0.2, 0.25) is 0 Å². The number of amides is 1. The Bertz CT molecular complexity index is 648. The summed E-state index contributed by atoms with van der Waals surface area (Å²) in [5.74, 6) is -0.638. The molecule has 0 heterocycles. The summed E-state index contributed by atoms with van der Waals surface area (Å²) in [5, 5.41) is 34.8. The summed E-state index contributed by atoms with van der Waals surface area (Å²) >= 11 is 3.22.